The number of hydrogen-bond donors (Lipinski definition) is 0. The molecule has 6 nitrogen and oxygen atoms in total. The molecule has 2 rings (SSSR count). The van der Waals surface area contributed by atoms with Gasteiger partial charge in [-0.15, -0.1) is 0 Å². The smallest absolute Gasteiger partial charge is 0.417 e. The minimum atomic E-state index is -4.82. The second-order valence-corrected chi connectivity index (χ2v) is 9.11. The predicted molar refractivity (Wildman–Crippen MR) is 104 cm³/mol. The second kappa shape index (κ2) is 8.16. The average Bonchev–Trinajstić information content (AvgIpc) is 2.67. The molecule has 0 aliphatic carbocycles. The molecule has 2 aromatic rings. The summed E-state index contributed by atoms with van der Waals surface area (Å²) in [6, 6.07) is 9.32. The summed E-state index contributed by atoms with van der Waals surface area (Å²) in [5.41, 5.74) is -2.53. The zero-order valence-electron chi connectivity index (χ0n) is 16.0. The van der Waals surface area contributed by atoms with E-state index in [1.807, 2.05) is 0 Å². The summed E-state index contributed by atoms with van der Waals surface area (Å²) in [5.74, 6) is -0.719. The molecule has 0 N–H and O–H groups in total. The molecule has 0 fully saturated rings. The van der Waals surface area contributed by atoms with Gasteiger partial charge in [0.25, 0.3) is 10.0 Å². The lowest BCUT2D eigenvalue weighted by Gasteiger charge is -2.21. The number of rotatable bonds is 5. The highest BCUT2D eigenvalue weighted by Crippen LogP contribution is 2.36. The number of benzene rings is 2. The maximum absolute atomic E-state index is 13.0. The van der Waals surface area contributed by atoms with E-state index in [2.05, 4.69) is 0 Å². The van der Waals surface area contributed by atoms with E-state index in [4.69, 9.17) is 21.6 Å². The second-order valence-electron chi connectivity index (χ2n) is 6.73. The first-order chi connectivity index (χ1) is 13.7. The number of halogens is 4. The molecule has 0 radical (unpaired) electrons. The fraction of sp³-hybridized carbons (Fsp3) is 0.263. The number of sulfonamides is 1. The number of nitriles is 1. The number of alkyl halides is 3. The molecule has 0 bridgehead atoms. The van der Waals surface area contributed by atoms with Crippen LogP contribution in [0.4, 0.5) is 18.9 Å². The van der Waals surface area contributed by atoms with Crippen LogP contribution in [0, 0.1) is 16.7 Å². The van der Waals surface area contributed by atoms with Crippen molar-refractivity contribution < 1.29 is 31.1 Å². The molecule has 0 amide bonds. The number of ether oxygens (including phenoxy) is 1. The van der Waals surface area contributed by atoms with Gasteiger partial charge in [0.15, 0.2) is 0 Å². The Morgan fingerprint density at radius 3 is 2.20 bits per heavy atom. The summed E-state index contributed by atoms with van der Waals surface area (Å²) in [6.45, 7) is 2.76. The largest absolute Gasteiger partial charge is 0.425 e. The van der Waals surface area contributed by atoms with Gasteiger partial charge in [-0.3, -0.25) is 4.31 Å². The highest BCUT2D eigenvalue weighted by atomic mass is 35.5. The molecule has 0 heterocycles. The van der Waals surface area contributed by atoms with Crippen molar-refractivity contribution in [2.24, 2.45) is 5.41 Å². The maximum Gasteiger partial charge on any atom is 0.417 e. The van der Waals surface area contributed by atoms with Crippen LogP contribution in [0.3, 0.4) is 0 Å². The van der Waals surface area contributed by atoms with Crippen LogP contribution in [0.5, 0.6) is 5.75 Å². The molecular weight excluding hydrogens is 445 g/mol. The summed E-state index contributed by atoms with van der Waals surface area (Å²) >= 11 is 5.54. The van der Waals surface area contributed by atoms with E-state index in [9.17, 15) is 26.4 Å². The van der Waals surface area contributed by atoms with Crippen LogP contribution in [-0.4, -0.2) is 21.4 Å². The lowest BCUT2D eigenvalue weighted by atomic mass is 9.96. The Kier molecular flexibility index (Phi) is 6.40. The number of anilines is 1. The van der Waals surface area contributed by atoms with Gasteiger partial charge in [-0.2, -0.15) is 18.4 Å². The summed E-state index contributed by atoms with van der Waals surface area (Å²) in [6.07, 6.45) is -4.82. The fourth-order valence-electron chi connectivity index (χ4n) is 2.18. The van der Waals surface area contributed by atoms with Crippen molar-refractivity contribution in [1.29, 1.82) is 5.26 Å². The molecule has 11 heteroatoms. The lowest BCUT2D eigenvalue weighted by Crippen LogP contribution is -2.28. The standard InChI is InChI=1S/C19H16ClF3N2O4S/c1-18(2,11-24)17(26)29-13-6-4-12(5-7-13)25(3)30(27,28)14-8-9-16(20)15(10-14)19(21,22)23/h4-10H,1-3H3. The van der Waals surface area contributed by atoms with Crippen LogP contribution in [0.1, 0.15) is 19.4 Å². The third-order valence-corrected chi connectivity index (χ3v) is 6.21. The Morgan fingerprint density at radius 2 is 1.70 bits per heavy atom. The van der Waals surface area contributed by atoms with Gasteiger partial charge < -0.3 is 4.74 Å². The normalized spacial score (nSPS) is 12.2. The topological polar surface area (TPSA) is 87.5 Å². The van der Waals surface area contributed by atoms with Gasteiger partial charge in [0.05, 0.1) is 27.2 Å². The summed E-state index contributed by atoms with van der Waals surface area (Å²) in [4.78, 5) is 11.3. The molecule has 0 aliphatic rings. The molecule has 0 atom stereocenters. The first-order valence-electron chi connectivity index (χ1n) is 8.29. The van der Waals surface area contributed by atoms with Crippen LogP contribution in [-0.2, 0) is 21.0 Å². The van der Waals surface area contributed by atoms with E-state index in [0.29, 0.717) is 6.07 Å². The number of carbonyl (C=O) groups excluding carboxylic acids is 1. The molecule has 30 heavy (non-hydrogen) atoms. The zero-order valence-corrected chi connectivity index (χ0v) is 17.6. The molecule has 2 aromatic carbocycles. The van der Waals surface area contributed by atoms with Gasteiger partial charge in [0, 0.05) is 7.05 Å². The summed E-state index contributed by atoms with van der Waals surface area (Å²) in [7, 11) is -3.17. The Balaban J connectivity index is 2.31. The predicted octanol–water partition coefficient (Wildman–Crippen LogP) is 4.64. The molecular formula is C19H16ClF3N2O4S. The van der Waals surface area contributed by atoms with E-state index in [1.165, 1.54) is 38.1 Å². The minimum Gasteiger partial charge on any atom is -0.425 e. The Morgan fingerprint density at radius 1 is 1.13 bits per heavy atom. The first-order valence-corrected chi connectivity index (χ1v) is 10.1. The first kappa shape index (κ1) is 23.5. The molecule has 0 saturated carbocycles. The fourth-order valence-corrected chi connectivity index (χ4v) is 3.63. The van der Waals surface area contributed by atoms with Gasteiger partial charge in [-0.05, 0) is 56.3 Å². The highest BCUT2D eigenvalue weighted by Gasteiger charge is 2.35. The number of esters is 1. The van der Waals surface area contributed by atoms with Crippen LogP contribution < -0.4 is 9.04 Å². The summed E-state index contributed by atoms with van der Waals surface area (Å²) < 4.78 is 70.5. The number of carbonyl (C=O) groups is 1. The van der Waals surface area contributed by atoms with E-state index in [0.717, 1.165) is 23.5 Å². The van der Waals surface area contributed by atoms with Crippen molar-refractivity contribution in [1.82, 2.24) is 0 Å². The highest BCUT2D eigenvalue weighted by molar-refractivity contribution is 7.92. The molecule has 160 valence electrons. The quantitative estimate of drug-likeness (QED) is 0.479. The van der Waals surface area contributed by atoms with Crippen molar-refractivity contribution in [2.45, 2.75) is 24.9 Å². The van der Waals surface area contributed by atoms with Crippen molar-refractivity contribution >= 4 is 33.3 Å². The third-order valence-electron chi connectivity index (χ3n) is 4.10. The van der Waals surface area contributed by atoms with Crippen molar-refractivity contribution in [2.75, 3.05) is 11.4 Å². The monoisotopic (exact) mass is 460 g/mol. The Bertz CT molecular complexity index is 1110. The zero-order chi connectivity index (χ0) is 22.9. The summed E-state index contributed by atoms with van der Waals surface area (Å²) in [5, 5.41) is 8.33. The molecule has 0 aromatic heterocycles. The SMILES string of the molecule is CN(c1ccc(OC(=O)C(C)(C)C#N)cc1)S(=O)(=O)c1ccc(Cl)c(C(F)(F)F)c1. The van der Waals surface area contributed by atoms with Gasteiger partial charge in [-0.25, -0.2) is 13.2 Å². The van der Waals surface area contributed by atoms with E-state index in [1.54, 1.807) is 6.07 Å². The molecule has 0 unspecified atom stereocenters. The van der Waals surface area contributed by atoms with Gasteiger partial charge in [0.1, 0.15) is 11.2 Å². The number of hydrogen-bond acceptors (Lipinski definition) is 5. The lowest BCUT2D eigenvalue weighted by molar-refractivity contribution is -0.141. The Hall–Kier alpha value is -2.77. The van der Waals surface area contributed by atoms with E-state index < -0.39 is 43.1 Å². The molecule has 0 aliphatic heterocycles. The van der Waals surface area contributed by atoms with Crippen LogP contribution >= 0.6 is 11.6 Å². The van der Waals surface area contributed by atoms with E-state index >= 15 is 0 Å². The van der Waals surface area contributed by atoms with Crippen molar-refractivity contribution in [3.05, 3.63) is 53.1 Å². The van der Waals surface area contributed by atoms with Gasteiger partial charge in [-0.1, -0.05) is 11.6 Å². The average molecular weight is 461 g/mol. The van der Waals surface area contributed by atoms with Crippen molar-refractivity contribution in [3.63, 3.8) is 0 Å². The van der Waals surface area contributed by atoms with Crippen LogP contribution in [0.25, 0.3) is 0 Å². The molecule has 0 spiro atoms. The van der Waals surface area contributed by atoms with Crippen LogP contribution in [0.2, 0.25) is 5.02 Å². The van der Waals surface area contributed by atoms with Crippen LogP contribution in [0.15, 0.2) is 47.4 Å². The van der Waals surface area contributed by atoms with Gasteiger partial charge in [0.2, 0.25) is 0 Å². The maximum atomic E-state index is 13.0. The molecule has 0 saturated heterocycles. The van der Waals surface area contributed by atoms with Gasteiger partial charge >= 0.3 is 12.1 Å². The van der Waals surface area contributed by atoms with Crippen molar-refractivity contribution in [3.8, 4) is 11.8 Å². The van der Waals surface area contributed by atoms with E-state index in [-0.39, 0.29) is 11.4 Å². The third kappa shape index (κ3) is 4.86. The Labute approximate surface area is 176 Å². The minimum absolute atomic E-state index is 0.0729. The number of nitrogens with zero attached hydrogens (tertiary/aromatic N) is 2.